The van der Waals surface area contributed by atoms with Gasteiger partial charge in [-0.05, 0) is 32.9 Å². The number of aliphatic carboxylic acids is 2. The molecule has 19 heavy (non-hydrogen) atoms. The van der Waals surface area contributed by atoms with Gasteiger partial charge in [0.25, 0.3) is 0 Å². The molecule has 0 aliphatic carbocycles. The van der Waals surface area contributed by atoms with E-state index in [-0.39, 0.29) is 0 Å². The Kier molecular flexibility index (Phi) is 7.44. The van der Waals surface area contributed by atoms with Gasteiger partial charge in [0, 0.05) is 0 Å². The first kappa shape index (κ1) is 17.1. The quantitative estimate of drug-likeness (QED) is 0.648. The summed E-state index contributed by atoms with van der Waals surface area (Å²) < 4.78 is 1.10. The molecule has 0 aliphatic heterocycles. The summed E-state index contributed by atoms with van der Waals surface area (Å²) in [7, 11) is 0. The zero-order chi connectivity index (χ0) is 14.9. The number of hydrogen-bond acceptors (Lipinski definition) is 3. The van der Waals surface area contributed by atoms with Crippen molar-refractivity contribution in [2.75, 3.05) is 19.6 Å². The maximum absolute atomic E-state index is 9.04. The number of quaternary nitrogens is 1. The molecule has 0 bridgehead atoms. The minimum absolute atomic E-state index is 1.10. The van der Waals surface area contributed by atoms with Crippen LogP contribution in [0, 0.1) is 0 Å². The predicted octanol–water partition coefficient (Wildman–Crippen LogP) is 0.874. The van der Waals surface area contributed by atoms with Gasteiger partial charge in [-0.25, -0.2) is 4.79 Å². The van der Waals surface area contributed by atoms with Gasteiger partial charge in [0.2, 0.25) is 0 Å². The molecule has 1 rings (SSSR count). The number of hydrogen-bond donors (Lipinski definition) is 1. The van der Waals surface area contributed by atoms with Gasteiger partial charge in [-0.3, -0.25) is 4.48 Å². The lowest BCUT2D eigenvalue weighted by Gasteiger charge is -2.35. The van der Waals surface area contributed by atoms with Crippen LogP contribution in [0.2, 0.25) is 0 Å². The van der Waals surface area contributed by atoms with Crippen molar-refractivity contribution in [1.82, 2.24) is 4.48 Å². The molecule has 0 spiro atoms. The summed E-state index contributed by atoms with van der Waals surface area (Å²) in [6.45, 7) is 10.3. The van der Waals surface area contributed by atoms with E-state index in [1.54, 1.807) is 0 Å². The number of para-hydroxylation sites is 1. The summed E-state index contributed by atoms with van der Waals surface area (Å²) in [6.07, 6.45) is 0. The SMILES string of the molecule is CC[N+](CC)(CC)c1ccccc1.O=C([O-])C(=O)O. The van der Waals surface area contributed by atoms with E-state index in [1.807, 2.05) is 0 Å². The molecule has 5 heteroatoms. The first-order chi connectivity index (χ1) is 8.93. The molecule has 1 aromatic rings. The van der Waals surface area contributed by atoms with E-state index in [4.69, 9.17) is 19.8 Å². The van der Waals surface area contributed by atoms with Gasteiger partial charge in [-0.2, -0.15) is 0 Å². The maximum atomic E-state index is 9.04. The molecule has 1 aromatic carbocycles. The van der Waals surface area contributed by atoms with Crippen molar-refractivity contribution in [3.63, 3.8) is 0 Å². The van der Waals surface area contributed by atoms with Crippen LogP contribution in [0.15, 0.2) is 30.3 Å². The highest BCUT2D eigenvalue weighted by Gasteiger charge is 2.23. The molecule has 0 saturated heterocycles. The fourth-order valence-corrected chi connectivity index (χ4v) is 1.96. The van der Waals surface area contributed by atoms with Gasteiger partial charge in [0.05, 0.1) is 19.6 Å². The van der Waals surface area contributed by atoms with Crippen molar-refractivity contribution in [1.29, 1.82) is 0 Å². The van der Waals surface area contributed by atoms with Gasteiger partial charge in [-0.15, -0.1) is 0 Å². The summed E-state index contributed by atoms with van der Waals surface area (Å²) in [5.74, 6) is -4.01. The van der Waals surface area contributed by atoms with Crippen molar-refractivity contribution in [2.45, 2.75) is 20.8 Å². The zero-order valence-electron chi connectivity index (χ0n) is 11.6. The number of carboxylic acids is 2. The summed E-state index contributed by atoms with van der Waals surface area (Å²) in [5, 5.41) is 16.3. The molecule has 1 N–H and O–H groups in total. The highest BCUT2D eigenvalue weighted by Crippen LogP contribution is 2.21. The summed E-state index contributed by atoms with van der Waals surface area (Å²) >= 11 is 0. The third-order valence-electron chi connectivity index (χ3n) is 3.29. The van der Waals surface area contributed by atoms with Gasteiger partial charge < -0.3 is 15.0 Å². The molecule has 5 nitrogen and oxygen atoms in total. The van der Waals surface area contributed by atoms with Crippen molar-refractivity contribution in [3.8, 4) is 0 Å². The molecule has 0 aliphatic rings. The second-order valence-corrected chi connectivity index (χ2v) is 4.02. The topological polar surface area (TPSA) is 77.4 Å². The lowest BCUT2D eigenvalue weighted by molar-refractivity contribution is -0.303. The van der Waals surface area contributed by atoms with Crippen LogP contribution >= 0.6 is 0 Å². The largest absolute Gasteiger partial charge is 0.539 e. The Labute approximate surface area is 113 Å². The average Bonchev–Trinajstić information content (AvgIpc) is 2.43. The second-order valence-electron chi connectivity index (χ2n) is 4.02. The van der Waals surface area contributed by atoms with Crippen LogP contribution < -0.4 is 9.59 Å². The van der Waals surface area contributed by atoms with Crippen LogP contribution in [0.1, 0.15) is 20.8 Å². The zero-order valence-corrected chi connectivity index (χ0v) is 11.6. The number of nitrogens with zero attached hydrogens (tertiary/aromatic N) is 1. The number of benzene rings is 1. The number of carbonyl (C=O) groups excluding carboxylic acids is 1. The van der Waals surface area contributed by atoms with Crippen molar-refractivity contribution < 1.29 is 19.8 Å². The third kappa shape index (κ3) is 5.09. The van der Waals surface area contributed by atoms with Crippen LogP contribution in [0.4, 0.5) is 5.69 Å². The van der Waals surface area contributed by atoms with E-state index < -0.39 is 11.9 Å². The predicted molar refractivity (Wildman–Crippen MR) is 72.5 cm³/mol. The number of carbonyl (C=O) groups is 2. The Bertz CT molecular complexity index is 379. The van der Waals surface area contributed by atoms with Crippen molar-refractivity contribution in [3.05, 3.63) is 30.3 Å². The highest BCUT2D eigenvalue weighted by molar-refractivity contribution is 6.26. The molecule has 0 amide bonds. The Hall–Kier alpha value is -1.88. The van der Waals surface area contributed by atoms with E-state index in [9.17, 15) is 0 Å². The van der Waals surface area contributed by atoms with Crippen LogP contribution in [-0.4, -0.2) is 36.7 Å². The van der Waals surface area contributed by atoms with Crippen LogP contribution in [-0.2, 0) is 9.59 Å². The van der Waals surface area contributed by atoms with E-state index in [2.05, 4.69) is 51.1 Å². The summed E-state index contributed by atoms with van der Waals surface area (Å²) in [6, 6.07) is 10.8. The summed E-state index contributed by atoms with van der Waals surface area (Å²) in [4.78, 5) is 18.0. The first-order valence-corrected chi connectivity index (χ1v) is 6.29. The molecule has 0 fully saturated rings. The summed E-state index contributed by atoms with van der Waals surface area (Å²) in [5.41, 5.74) is 1.44. The lowest BCUT2D eigenvalue weighted by atomic mass is 10.2. The number of carboxylic acid groups (broad SMARTS) is 2. The normalized spacial score (nSPS) is 10.3. The fourth-order valence-electron chi connectivity index (χ4n) is 1.96. The first-order valence-electron chi connectivity index (χ1n) is 6.29. The van der Waals surface area contributed by atoms with Crippen LogP contribution in [0.5, 0.6) is 0 Å². The maximum Gasteiger partial charge on any atom is 0.351 e. The molecular weight excluding hydrogens is 246 g/mol. The van der Waals surface area contributed by atoms with Crippen molar-refractivity contribution in [2.24, 2.45) is 0 Å². The molecule has 0 aromatic heterocycles. The number of rotatable bonds is 4. The molecule has 0 radical (unpaired) electrons. The monoisotopic (exact) mass is 267 g/mol. The second kappa shape index (κ2) is 8.26. The van der Waals surface area contributed by atoms with Gasteiger partial charge >= 0.3 is 5.97 Å². The minimum atomic E-state index is -2.07. The van der Waals surface area contributed by atoms with Gasteiger partial charge in [0.1, 0.15) is 5.69 Å². The fraction of sp³-hybridized carbons (Fsp3) is 0.429. The van der Waals surface area contributed by atoms with E-state index >= 15 is 0 Å². The molecule has 0 atom stereocenters. The van der Waals surface area contributed by atoms with E-state index in [1.165, 1.54) is 25.3 Å². The Morgan fingerprint density at radius 2 is 1.42 bits per heavy atom. The van der Waals surface area contributed by atoms with Gasteiger partial charge in [0.15, 0.2) is 5.97 Å². The molecule has 106 valence electrons. The average molecular weight is 267 g/mol. The Morgan fingerprint density at radius 3 is 1.68 bits per heavy atom. The Morgan fingerprint density at radius 1 is 1.05 bits per heavy atom. The van der Waals surface area contributed by atoms with Gasteiger partial charge in [-0.1, -0.05) is 18.2 Å². The lowest BCUT2D eigenvalue weighted by Crippen LogP contribution is -2.48. The minimum Gasteiger partial charge on any atom is -0.539 e. The van der Waals surface area contributed by atoms with Crippen molar-refractivity contribution >= 4 is 17.6 Å². The molecule has 0 unspecified atom stereocenters. The Balaban J connectivity index is 0.000000459. The van der Waals surface area contributed by atoms with E-state index in [0.717, 1.165) is 4.48 Å². The highest BCUT2D eigenvalue weighted by atomic mass is 16.4. The molecule has 0 saturated carbocycles. The molecular formula is C14H21NO4. The standard InChI is InChI=1S/C12H20N.C2H2O4/c1-4-13(5-2,6-3)12-10-8-7-9-11-12;3-1(4)2(5)6/h7-11H,4-6H2,1-3H3;(H,3,4)(H,5,6)/q+1;/p-1. The molecule has 0 heterocycles. The van der Waals surface area contributed by atoms with E-state index in [0.29, 0.717) is 0 Å². The smallest absolute Gasteiger partial charge is 0.351 e. The third-order valence-corrected chi connectivity index (χ3v) is 3.29. The van der Waals surface area contributed by atoms with Crippen LogP contribution in [0.25, 0.3) is 0 Å². The van der Waals surface area contributed by atoms with Crippen LogP contribution in [0.3, 0.4) is 0 Å².